The van der Waals surface area contributed by atoms with Crippen molar-refractivity contribution in [2.45, 2.75) is 12.5 Å². The molecular weight excluding hydrogens is 263 g/mol. The minimum atomic E-state index is -0.657. The van der Waals surface area contributed by atoms with Crippen molar-refractivity contribution in [3.05, 3.63) is 56.2 Å². The first kappa shape index (κ1) is 11.9. The van der Waals surface area contributed by atoms with Crippen LogP contribution in [0.15, 0.2) is 35.0 Å². The fourth-order valence-corrected chi connectivity index (χ4v) is 2.89. The van der Waals surface area contributed by atoms with Crippen molar-refractivity contribution in [3.8, 4) is 0 Å². The van der Waals surface area contributed by atoms with Crippen LogP contribution in [0, 0.1) is 0 Å². The van der Waals surface area contributed by atoms with Gasteiger partial charge in [0.15, 0.2) is 0 Å². The van der Waals surface area contributed by atoms with Crippen molar-refractivity contribution in [2.24, 2.45) is 0 Å². The molecule has 1 aromatic carbocycles. The average molecular weight is 273 g/mol. The molecule has 1 aromatic heterocycles. The van der Waals surface area contributed by atoms with Crippen LogP contribution in [-0.4, -0.2) is 5.11 Å². The summed E-state index contributed by atoms with van der Waals surface area (Å²) in [6.45, 7) is 0. The largest absolute Gasteiger partial charge is 0.388 e. The Morgan fingerprint density at radius 2 is 1.88 bits per heavy atom. The topological polar surface area (TPSA) is 20.2 Å². The number of halogens is 2. The molecule has 4 heteroatoms. The monoisotopic (exact) mass is 272 g/mol. The Labute approximate surface area is 108 Å². The molecule has 1 unspecified atom stereocenters. The minimum absolute atomic E-state index is 0.509. The van der Waals surface area contributed by atoms with Crippen LogP contribution >= 0.6 is 34.5 Å². The standard InChI is InChI=1S/C12H10Cl2OS/c13-9-2-1-3-10(14)12(9)11(15)6-8-4-5-16-7-8/h1-5,7,11,15H,6H2. The Morgan fingerprint density at radius 1 is 1.19 bits per heavy atom. The first-order valence-electron chi connectivity index (χ1n) is 4.81. The van der Waals surface area contributed by atoms with Gasteiger partial charge in [-0.2, -0.15) is 11.3 Å². The van der Waals surface area contributed by atoms with Crippen LogP contribution < -0.4 is 0 Å². The first-order valence-corrected chi connectivity index (χ1v) is 6.51. The van der Waals surface area contributed by atoms with Crippen LogP contribution in [-0.2, 0) is 6.42 Å². The van der Waals surface area contributed by atoms with Gasteiger partial charge in [-0.05, 0) is 34.5 Å². The van der Waals surface area contributed by atoms with Crippen molar-refractivity contribution < 1.29 is 5.11 Å². The first-order chi connectivity index (χ1) is 7.68. The highest BCUT2D eigenvalue weighted by Gasteiger charge is 2.15. The van der Waals surface area contributed by atoms with Crippen molar-refractivity contribution in [1.82, 2.24) is 0 Å². The quantitative estimate of drug-likeness (QED) is 0.882. The molecular formula is C12H10Cl2OS. The second kappa shape index (κ2) is 5.19. The minimum Gasteiger partial charge on any atom is -0.388 e. The third-order valence-electron chi connectivity index (χ3n) is 2.34. The smallest absolute Gasteiger partial charge is 0.0859 e. The molecule has 0 aliphatic carbocycles. The zero-order chi connectivity index (χ0) is 11.5. The zero-order valence-electron chi connectivity index (χ0n) is 8.36. The zero-order valence-corrected chi connectivity index (χ0v) is 10.7. The molecule has 0 fully saturated rings. The summed E-state index contributed by atoms with van der Waals surface area (Å²) >= 11 is 13.7. The highest BCUT2D eigenvalue weighted by Crippen LogP contribution is 2.32. The number of hydrogen-bond donors (Lipinski definition) is 1. The number of rotatable bonds is 3. The third kappa shape index (κ3) is 2.58. The summed E-state index contributed by atoms with van der Waals surface area (Å²) in [7, 11) is 0. The lowest BCUT2D eigenvalue weighted by Gasteiger charge is -2.13. The molecule has 0 radical (unpaired) electrons. The van der Waals surface area contributed by atoms with Gasteiger partial charge >= 0.3 is 0 Å². The lowest BCUT2D eigenvalue weighted by Crippen LogP contribution is -2.02. The van der Waals surface area contributed by atoms with Crippen molar-refractivity contribution in [2.75, 3.05) is 0 Å². The van der Waals surface area contributed by atoms with Gasteiger partial charge in [0.05, 0.1) is 6.10 Å². The maximum atomic E-state index is 10.1. The molecule has 1 atom stereocenters. The van der Waals surface area contributed by atoms with Gasteiger partial charge < -0.3 is 5.11 Å². The Morgan fingerprint density at radius 3 is 2.44 bits per heavy atom. The van der Waals surface area contributed by atoms with Gasteiger partial charge in [-0.15, -0.1) is 0 Å². The molecule has 1 nitrogen and oxygen atoms in total. The molecule has 0 saturated carbocycles. The Kier molecular flexibility index (Phi) is 3.87. The maximum Gasteiger partial charge on any atom is 0.0859 e. The Balaban J connectivity index is 2.24. The summed E-state index contributed by atoms with van der Waals surface area (Å²) in [5.74, 6) is 0. The van der Waals surface area contributed by atoms with Crippen LogP contribution in [0.1, 0.15) is 17.2 Å². The van der Waals surface area contributed by atoms with Gasteiger partial charge in [-0.25, -0.2) is 0 Å². The molecule has 2 rings (SSSR count). The van der Waals surface area contributed by atoms with E-state index in [1.54, 1.807) is 29.5 Å². The summed E-state index contributed by atoms with van der Waals surface area (Å²) in [6, 6.07) is 7.23. The Hall–Kier alpha value is -0.540. The van der Waals surface area contributed by atoms with E-state index in [2.05, 4.69) is 0 Å². The molecule has 0 amide bonds. The summed E-state index contributed by atoms with van der Waals surface area (Å²) < 4.78 is 0. The Bertz CT molecular complexity index is 448. The van der Waals surface area contributed by atoms with E-state index in [1.165, 1.54) is 0 Å². The SMILES string of the molecule is OC(Cc1ccsc1)c1c(Cl)cccc1Cl. The lowest BCUT2D eigenvalue weighted by molar-refractivity contribution is 0.179. The lowest BCUT2D eigenvalue weighted by atomic mass is 10.0. The number of aliphatic hydroxyl groups excluding tert-OH is 1. The van der Waals surface area contributed by atoms with E-state index in [0.29, 0.717) is 22.0 Å². The van der Waals surface area contributed by atoms with E-state index in [-0.39, 0.29) is 0 Å². The summed E-state index contributed by atoms with van der Waals surface area (Å²) in [4.78, 5) is 0. The van der Waals surface area contributed by atoms with Crippen molar-refractivity contribution >= 4 is 34.5 Å². The predicted molar refractivity (Wildman–Crippen MR) is 69.4 cm³/mol. The molecule has 16 heavy (non-hydrogen) atoms. The number of benzene rings is 1. The summed E-state index contributed by atoms with van der Waals surface area (Å²) in [5, 5.41) is 15.1. The highest BCUT2D eigenvalue weighted by atomic mass is 35.5. The predicted octanol–water partition coefficient (Wildman–Crippen LogP) is 4.33. The van der Waals surface area contributed by atoms with Gasteiger partial charge in [0, 0.05) is 22.0 Å². The van der Waals surface area contributed by atoms with Crippen LogP contribution in [0.25, 0.3) is 0 Å². The van der Waals surface area contributed by atoms with Gasteiger partial charge in [-0.3, -0.25) is 0 Å². The second-order valence-electron chi connectivity index (χ2n) is 3.49. The molecule has 0 spiro atoms. The summed E-state index contributed by atoms with van der Waals surface area (Å²) in [5.41, 5.74) is 1.70. The molecule has 1 N–H and O–H groups in total. The second-order valence-corrected chi connectivity index (χ2v) is 5.08. The molecule has 0 aliphatic heterocycles. The molecule has 2 aromatic rings. The van der Waals surface area contributed by atoms with Gasteiger partial charge in [0.25, 0.3) is 0 Å². The highest BCUT2D eigenvalue weighted by molar-refractivity contribution is 7.07. The van der Waals surface area contributed by atoms with Crippen molar-refractivity contribution in [1.29, 1.82) is 0 Å². The van der Waals surface area contributed by atoms with E-state index < -0.39 is 6.10 Å². The molecule has 0 saturated heterocycles. The average Bonchev–Trinajstić information content (AvgIpc) is 2.70. The van der Waals surface area contributed by atoms with E-state index in [9.17, 15) is 5.11 Å². The number of aliphatic hydroxyl groups is 1. The number of hydrogen-bond acceptors (Lipinski definition) is 2. The summed E-state index contributed by atoms with van der Waals surface area (Å²) in [6.07, 6.45) is -0.122. The maximum absolute atomic E-state index is 10.1. The molecule has 0 aliphatic rings. The molecule has 84 valence electrons. The fraction of sp³-hybridized carbons (Fsp3) is 0.167. The van der Waals surface area contributed by atoms with Crippen LogP contribution in [0.3, 0.4) is 0 Å². The van der Waals surface area contributed by atoms with E-state index in [4.69, 9.17) is 23.2 Å². The normalized spacial score (nSPS) is 12.7. The van der Waals surface area contributed by atoms with E-state index >= 15 is 0 Å². The van der Waals surface area contributed by atoms with Crippen molar-refractivity contribution in [3.63, 3.8) is 0 Å². The third-order valence-corrected chi connectivity index (χ3v) is 3.73. The van der Waals surface area contributed by atoms with Gasteiger partial charge in [0.2, 0.25) is 0 Å². The molecule has 0 bridgehead atoms. The van der Waals surface area contributed by atoms with Crippen LogP contribution in [0.2, 0.25) is 10.0 Å². The number of thiophene rings is 1. The van der Waals surface area contributed by atoms with Gasteiger partial charge in [-0.1, -0.05) is 29.3 Å². The molecule has 1 heterocycles. The fourth-order valence-electron chi connectivity index (χ4n) is 1.56. The van der Waals surface area contributed by atoms with Gasteiger partial charge in [0.1, 0.15) is 0 Å². The van der Waals surface area contributed by atoms with E-state index in [0.717, 1.165) is 5.56 Å². The van der Waals surface area contributed by atoms with E-state index in [1.807, 2.05) is 16.8 Å². The van der Waals surface area contributed by atoms with Crippen LogP contribution in [0.5, 0.6) is 0 Å². The van der Waals surface area contributed by atoms with Crippen LogP contribution in [0.4, 0.5) is 0 Å².